The van der Waals surface area contributed by atoms with Crippen LogP contribution in [0.4, 0.5) is 0 Å². The van der Waals surface area contributed by atoms with Crippen LogP contribution in [0.15, 0.2) is 29.3 Å². The molecule has 1 unspecified atom stereocenters. The van der Waals surface area contributed by atoms with Crippen LogP contribution in [0, 0.1) is 12.8 Å². The highest BCUT2D eigenvalue weighted by Gasteiger charge is 2.37. The molecule has 2 heterocycles. The van der Waals surface area contributed by atoms with E-state index < -0.39 is 23.5 Å². The molecule has 0 spiro atoms. The zero-order chi connectivity index (χ0) is 15.9. The van der Waals surface area contributed by atoms with E-state index in [0.717, 1.165) is 18.4 Å². The number of nitrogens with one attached hydrogen (secondary N) is 1. The molecule has 2 aromatic rings. The second-order valence-corrected chi connectivity index (χ2v) is 5.54. The van der Waals surface area contributed by atoms with Crippen LogP contribution in [-0.4, -0.2) is 32.4 Å². The fraction of sp³-hybridized carbons (Fsp3) is 0.333. The van der Waals surface area contributed by atoms with Crippen molar-refractivity contribution in [3.8, 4) is 0 Å². The molecule has 1 fully saturated rings. The largest absolute Gasteiger partial charge is 0.480 e. The molecule has 2 aromatic heterocycles. The van der Waals surface area contributed by atoms with Gasteiger partial charge in [0.15, 0.2) is 0 Å². The zero-order valence-electron chi connectivity index (χ0n) is 11.9. The monoisotopic (exact) mass is 301 g/mol. The number of hydrogen-bond acceptors (Lipinski definition) is 4. The molecule has 2 N–H and O–H groups in total. The highest BCUT2D eigenvalue weighted by molar-refractivity contribution is 5.96. The smallest absolute Gasteiger partial charge is 0.326 e. The number of carbonyl (C=O) groups excluding carboxylic acids is 1. The Hall–Kier alpha value is -2.70. The van der Waals surface area contributed by atoms with Crippen LogP contribution in [-0.2, 0) is 4.79 Å². The Morgan fingerprint density at radius 3 is 2.82 bits per heavy atom. The SMILES string of the molecule is Cc1ccn2c(=O)c(C(=O)NC(C(=O)O)C3CC3)cnc2c1. The molecule has 0 aromatic carbocycles. The molecule has 1 atom stereocenters. The number of rotatable bonds is 4. The molecule has 1 aliphatic rings. The van der Waals surface area contributed by atoms with E-state index in [-0.39, 0.29) is 11.5 Å². The van der Waals surface area contributed by atoms with Crippen molar-refractivity contribution in [2.24, 2.45) is 5.92 Å². The molecule has 0 radical (unpaired) electrons. The summed E-state index contributed by atoms with van der Waals surface area (Å²) in [6.07, 6.45) is 4.28. The predicted molar refractivity (Wildman–Crippen MR) is 77.8 cm³/mol. The maximum absolute atomic E-state index is 12.3. The molecule has 7 nitrogen and oxygen atoms in total. The van der Waals surface area contributed by atoms with Gasteiger partial charge in [0.05, 0.1) is 0 Å². The number of pyridine rings is 1. The van der Waals surface area contributed by atoms with E-state index in [0.29, 0.717) is 5.65 Å². The minimum Gasteiger partial charge on any atom is -0.480 e. The molecule has 0 saturated heterocycles. The summed E-state index contributed by atoms with van der Waals surface area (Å²) in [5.41, 5.74) is 0.720. The molecule has 1 aliphatic carbocycles. The van der Waals surface area contributed by atoms with Gasteiger partial charge < -0.3 is 10.4 Å². The molecule has 0 bridgehead atoms. The first kappa shape index (κ1) is 14.2. The first-order valence-electron chi connectivity index (χ1n) is 6.99. The van der Waals surface area contributed by atoms with Crippen LogP contribution in [0.5, 0.6) is 0 Å². The number of carbonyl (C=O) groups is 2. The van der Waals surface area contributed by atoms with E-state index in [2.05, 4.69) is 10.3 Å². The van der Waals surface area contributed by atoms with E-state index in [1.165, 1.54) is 10.6 Å². The van der Waals surface area contributed by atoms with Crippen LogP contribution in [0.25, 0.3) is 5.65 Å². The van der Waals surface area contributed by atoms with E-state index in [4.69, 9.17) is 5.11 Å². The van der Waals surface area contributed by atoms with Crippen molar-refractivity contribution < 1.29 is 14.7 Å². The van der Waals surface area contributed by atoms with Crippen LogP contribution in [0.2, 0.25) is 0 Å². The number of aliphatic carboxylic acids is 1. The Morgan fingerprint density at radius 1 is 1.45 bits per heavy atom. The highest BCUT2D eigenvalue weighted by Crippen LogP contribution is 2.32. The van der Waals surface area contributed by atoms with Gasteiger partial charge in [-0.2, -0.15) is 0 Å². The molecular weight excluding hydrogens is 286 g/mol. The quantitative estimate of drug-likeness (QED) is 0.861. The number of carboxylic acids is 1. The normalized spacial score (nSPS) is 15.5. The Balaban J connectivity index is 1.94. The lowest BCUT2D eigenvalue weighted by atomic mass is 10.1. The number of carboxylic acid groups (broad SMARTS) is 1. The first-order valence-corrected chi connectivity index (χ1v) is 6.99. The lowest BCUT2D eigenvalue weighted by Crippen LogP contribution is -2.44. The van der Waals surface area contributed by atoms with Crippen molar-refractivity contribution in [1.29, 1.82) is 0 Å². The topological polar surface area (TPSA) is 101 Å². The number of aromatic nitrogens is 2. The summed E-state index contributed by atoms with van der Waals surface area (Å²) in [6, 6.07) is 2.51. The van der Waals surface area contributed by atoms with Crippen molar-refractivity contribution in [3.63, 3.8) is 0 Å². The minimum absolute atomic E-state index is 0.0553. The van der Waals surface area contributed by atoms with Gasteiger partial charge in [0.1, 0.15) is 17.3 Å². The molecule has 1 amide bonds. The van der Waals surface area contributed by atoms with Crippen molar-refractivity contribution in [2.45, 2.75) is 25.8 Å². The lowest BCUT2D eigenvalue weighted by Gasteiger charge is -2.13. The molecular formula is C15H15N3O4. The number of nitrogens with zero attached hydrogens (tertiary/aromatic N) is 2. The van der Waals surface area contributed by atoms with Gasteiger partial charge in [-0.3, -0.25) is 14.0 Å². The Kier molecular flexibility index (Phi) is 3.40. The van der Waals surface area contributed by atoms with Gasteiger partial charge in [0, 0.05) is 12.4 Å². The van der Waals surface area contributed by atoms with Crippen LogP contribution in [0.3, 0.4) is 0 Å². The number of aryl methyl sites for hydroxylation is 1. The van der Waals surface area contributed by atoms with Crippen molar-refractivity contribution in [1.82, 2.24) is 14.7 Å². The predicted octanol–water partition coefficient (Wildman–Crippen LogP) is 0.596. The van der Waals surface area contributed by atoms with Crippen LogP contribution in [0.1, 0.15) is 28.8 Å². The number of amides is 1. The minimum atomic E-state index is -1.08. The van der Waals surface area contributed by atoms with Gasteiger partial charge in [0.2, 0.25) is 0 Å². The summed E-state index contributed by atoms with van der Waals surface area (Å²) < 4.78 is 1.27. The first-order chi connectivity index (χ1) is 10.5. The maximum Gasteiger partial charge on any atom is 0.326 e. The summed E-state index contributed by atoms with van der Waals surface area (Å²) in [7, 11) is 0. The Labute approximate surface area is 125 Å². The van der Waals surface area contributed by atoms with Crippen molar-refractivity contribution in [3.05, 3.63) is 46.0 Å². The maximum atomic E-state index is 12.3. The molecule has 114 valence electrons. The van der Waals surface area contributed by atoms with Crippen molar-refractivity contribution in [2.75, 3.05) is 0 Å². The fourth-order valence-corrected chi connectivity index (χ4v) is 2.36. The second-order valence-electron chi connectivity index (χ2n) is 5.54. The van der Waals surface area contributed by atoms with E-state index in [9.17, 15) is 14.4 Å². The highest BCUT2D eigenvalue weighted by atomic mass is 16.4. The second kappa shape index (κ2) is 5.25. The molecule has 3 rings (SSSR count). The van der Waals surface area contributed by atoms with Gasteiger partial charge in [-0.05, 0) is 43.4 Å². The summed E-state index contributed by atoms with van der Waals surface area (Å²) >= 11 is 0. The van der Waals surface area contributed by atoms with E-state index >= 15 is 0 Å². The third-order valence-corrected chi connectivity index (χ3v) is 3.76. The number of fused-ring (bicyclic) bond motifs is 1. The van der Waals surface area contributed by atoms with Gasteiger partial charge in [0.25, 0.3) is 11.5 Å². The summed E-state index contributed by atoms with van der Waals surface area (Å²) in [6.45, 7) is 1.87. The average molecular weight is 301 g/mol. The molecule has 0 aliphatic heterocycles. The van der Waals surface area contributed by atoms with Crippen LogP contribution < -0.4 is 10.9 Å². The van der Waals surface area contributed by atoms with Crippen molar-refractivity contribution >= 4 is 17.5 Å². The van der Waals surface area contributed by atoms with Gasteiger partial charge in [-0.1, -0.05) is 0 Å². The molecule has 22 heavy (non-hydrogen) atoms. The summed E-state index contributed by atoms with van der Waals surface area (Å²) in [5, 5.41) is 11.6. The third-order valence-electron chi connectivity index (χ3n) is 3.76. The third kappa shape index (κ3) is 2.57. The van der Waals surface area contributed by atoms with Gasteiger partial charge >= 0.3 is 5.97 Å². The Bertz CT molecular complexity index is 823. The fourth-order valence-electron chi connectivity index (χ4n) is 2.36. The summed E-state index contributed by atoms with van der Waals surface area (Å²) in [4.78, 5) is 39.8. The van der Waals surface area contributed by atoms with Gasteiger partial charge in [-0.25, -0.2) is 9.78 Å². The van der Waals surface area contributed by atoms with Crippen LogP contribution >= 0.6 is 0 Å². The Morgan fingerprint density at radius 2 is 2.18 bits per heavy atom. The standard InChI is InChI=1S/C15H15N3O4/c1-8-4-5-18-11(6-8)16-7-10(14(18)20)13(19)17-12(15(21)22)9-2-3-9/h4-7,9,12H,2-3H2,1H3,(H,17,19)(H,21,22). The van der Waals surface area contributed by atoms with Gasteiger partial charge in [-0.15, -0.1) is 0 Å². The number of hydrogen-bond donors (Lipinski definition) is 2. The molecule has 1 saturated carbocycles. The summed E-state index contributed by atoms with van der Waals surface area (Å²) in [5.74, 6) is -1.84. The van der Waals surface area contributed by atoms with E-state index in [1.807, 2.05) is 6.92 Å². The molecule has 7 heteroatoms. The zero-order valence-corrected chi connectivity index (χ0v) is 11.9. The van der Waals surface area contributed by atoms with E-state index in [1.54, 1.807) is 18.3 Å². The average Bonchev–Trinajstić information content (AvgIpc) is 3.28. The lowest BCUT2D eigenvalue weighted by molar-refractivity contribution is -0.139.